The van der Waals surface area contributed by atoms with Gasteiger partial charge in [0, 0.05) is 43.8 Å². The molecule has 0 radical (unpaired) electrons. The predicted octanol–water partition coefficient (Wildman–Crippen LogP) is 17.1. The highest BCUT2D eigenvalue weighted by molar-refractivity contribution is 6.21. The molecule has 0 aliphatic heterocycles. The molecule has 11 aromatic carbocycles. The zero-order chi connectivity index (χ0) is 44.7. The number of para-hydroxylation sites is 2. The van der Waals surface area contributed by atoms with E-state index in [2.05, 4.69) is 182 Å². The van der Waals surface area contributed by atoms with Crippen LogP contribution in [0.3, 0.4) is 0 Å². The number of furan rings is 2. The van der Waals surface area contributed by atoms with Gasteiger partial charge in [-0.3, -0.25) is 0 Å². The van der Waals surface area contributed by atoms with Crippen LogP contribution in [0, 0.1) is 0 Å². The normalized spacial score (nSPS) is 11.8. The Bertz CT molecular complexity index is 4330. The molecule has 3 heterocycles. The molecule has 0 aliphatic rings. The van der Waals surface area contributed by atoms with Crippen molar-refractivity contribution in [3.8, 4) is 67.5 Å². The van der Waals surface area contributed by atoms with Gasteiger partial charge in [0.1, 0.15) is 22.3 Å². The Labute approximate surface area is 390 Å². The third-order valence-electron chi connectivity index (χ3n) is 13.4. The zero-order valence-electron chi connectivity index (χ0n) is 36.5. The van der Waals surface area contributed by atoms with Crippen LogP contribution in [0.25, 0.3) is 144 Å². The van der Waals surface area contributed by atoms with Crippen LogP contribution in [0.15, 0.2) is 233 Å². The summed E-state index contributed by atoms with van der Waals surface area (Å²) >= 11 is 0. The smallest absolute Gasteiger partial charge is 0.164 e. The van der Waals surface area contributed by atoms with Gasteiger partial charge in [-0.1, -0.05) is 158 Å². The van der Waals surface area contributed by atoms with Gasteiger partial charge in [0.15, 0.2) is 17.5 Å². The maximum Gasteiger partial charge on any atom is 0.164 e. The Balaban J connectivity index is 0.988. The molecule has 0 unspecified atom stereocenters. The second-order valence-corrected chi connectivity index (χ2v) is 17.5. The number of rotatable bonds is 6. The van der Waals surface area contributed by atoms with Crippen LogP contribution < -0.4 is 0 Å². The first-order chi connectivity index (χ1) is 33.6. The third kappa shape index (κ3) is 6.28. The summed E-state index contributed by atoms with van der Waals surface area (Å²) < 4.78 is 12.7. The maximum atomic E-state index is 6.48. The molecule has 0 N–H and O–H groups in total. The van der Waals surface area contributed by atoms with Crippen LogP contribution >= 0.6 is 0 Å². The highest BCUT2D eigenvalue weighted by Gasteiger charge is 2.20. The molecule has 0 amide bonds. The molecule has 0 aliphatic carbocycles. The van der Waals surface area contributed by atoms with Crippen molar-refractivity contribution in [2.45, 2.75) is 0 Å². The van der Waals surface area contributed by atoms with Crippen LogP contribution in [0.4, 0.5) is 0 Å². The van der Waals surface area contributed by atoms with Gasteiger partial charge in [0.2, 0.25) is 0 Å². The van der Waals surface area contributed by atoms with Crippen LogP contribution in [0.2, 0.25) is 0 Å². The van der Waals surface area contributed by atoms with Gasteiger partial charge >= 0.3 is 0 Å². The van der Waals surface area contributed by atoms with Gasteiger partial charge in [-0.15, -0.1) is 0 Å². The van der Waals surface area contributed by atoms with E-state index in [0.717, 1.165) is 110 Å². The van der Waals surface area contributed by atoms with Crippen molar-refractivity contribution in [1.82, 2.24) is 15.0 Å². The van der Waals surface area contributed by atoms with Crippen molar-refractivity contribution in [3.05, 3.63) is 224 Å². The molecule has 5 nitrogen and oxygen atoms in total. The van der Waals surface area contributed by atoms with E-state index < -0.39 is 0 Å². The number of hydrogen-bond acceptors (Lipinski definition) is 5. The van der Waals surface area contributed by atoms with E-state index >= 15 is 0 Å². The molecular weight excluding hydrogens is 831 g/mol. The van der Waals surface area contributed by atoms with Gasteiger partial charge in [-0.25, -0.2) is 15.0 Å². The minimum Gasteiger partial charge on any atom is -0.456 e. The minimum atomic E-state index is 0.577. The summed E-state index contributed by atoms with van der Waals surface area (Å²) in [5.74, 6) is 1.74. The van der Waals surface area contributed by atoms with Gasteiger partial charge < -0.3 is 8.83 Å². The molecule has 5 heteroatoms. The molecule has 14 aromatic rings. The first-order valence-corrected chi connectivity index (χ1v) is 22.9. The lowest BCUT2D eigenvalue weighted by molar-refractivity contribution is 0.669. The molecule has 0 fully saturated rings. The van der Waals surface area contributed by atoms with Crippen molar-refractivity contribution in [2.75, 3.05) is 0 Å². The summed E-state index contributed by atoms with van der Waals surface area (Å²) in [6.07, 6.45) is 0. The highest BCUT2D eigenvalue weighted by Crippen LogP contribution is 2.43. The van der Waals surface area contributed by atoms with E-state index in [1.165, 1.54) is 16.2 Å². The summed E-state index contributed by atoms with van der Waals surface area (Å²) in [6.45, 7) is 0. The van der Waals surface area contributed by atoms with Crippen molar-refractivity contribution in [1.29, 1.82) is 0 Å². The fourth-order valence-electron chi connectivity index (χ4n) is 10.2. The average molecular weight is 868 g/mol. The number of nitrogens with zero attached hydrogens (tertiary/aromatic N) is 3. The maximum absolute atomic E-state index is 6.48. The molecule has 68 heavy (non-hydrogen) atoms. The first-order valence-electron chi connectivity index (χ1n) is 22.9. The molecule has 0 saturated heterocycles. The Morgan fingerprint density at radius 2 is 0.809 bits per heavy atom. The average Bonchev–Trinajstić information content (AvgIpc) is 3.97. The highest BCUT2D eigenvalue weighted by atomic mass is 16.3. The summed E-state index contributed by atoms with van der Waals surface area (Å²) in [4.78, 5) is 16.0. The summed E-state index contributed by atoms with van der Waals surface area (Å²) in [5.41, 5.74) is 12.7. The fourth-order valence-corrected chi connectivity index (χ4v) is 10.2. The first kappa shape index (κ1) is 38.1. The van der Waals surface area contributed by atoms with Crippen LogP contribution in [-0.2, 0) is 0 Å². The van der Waals surface area contributed by atoms with Gasteiger partial charge in [-0.2, -0.15) is 0 Å². The molecule has 0 spiro atoms. The standard InChI is InChI=1S/C63H37N3O2/c1-2-13-38(14-3-1)46-33-47(50-22-12-17-40-15-4-6-18-49(40)50)35-48(34-46)63-65-61(64-62(66-63)44-29-30-57-54(36-44)52-20-8-10-23-55(52)67-57)43-28-26-39-25-27-42(31-45(39)32-43)59-51-19-7-5-16-41(51)37-58-60(59)53-21-9-11-24-56(53)68-58/h1-37H. The molecule has 0 saturated carbocycles. The summed E-state index contributed by atoms with van der Waals surface area (Å²) in [6, 6.07) is 78.9. The number of hydrogen-bond donors (Lipinski definition) is 0. The number of fused-ring (bicyclic) bond motifs is 9. The Hall–Kier alpha value is -9.19. The van der Waals surface area contributed by atoms with E-state index in [1.54, 1.807) is 0 Å². The lowest BCUT2D eigenvalue weighted by Crippen LogP contribution is -2.01. The quantitative estimate of drug-likeness (QED) is 0.167. The second-order valence-electron chi connectivity index (χ2n) is 17.5. The molecule has 0 bridgehead atoms. The Kier molecular flexibility index (Phi) is 8.52. The third-order valence-corrected chi connectivity index (χ3v) is 13.4. The summed E-state index contributed by atoms with van der Waals surface area (Å²) in [5, 5.41) is 11.2. The molecule has 316 valence electrons. The van der Waals surface area contributed by atoms with Crippen molar-refractivity contribution < 1.29 is 8.83 Å². The second kappa shape index (κ2) is 15.2. The van der Waals surface area contributed by atoms with E-state index in [1.807, 2.05) is 42.5 Å². The zero-order valence-corrected chi connectivity index (χ0v) is 36.5. The van der Waals surface area contributed by atoms with Crippen LogP contribution in [0.1, 0.15) is 0 Å². The largest absolute Gasteiger partial charge is 0.456 e. The fraction of sp³-hybridized carbons (Fsp3) is 0. The lowest BCUT2D eigenvalue weighted by atomic mass is 9.92. The van der Waals surface area contributed by atoms with E-state index in [4.69, 9.17) is 23.8 Å². The molecule has 0 atom stereocenters. The summed E-state index contributed by atoms with van der Waals surface area (Å²) in [7, 11) is 0. The monoisotopic (exact) mass is 867 g/mol. The number of aromatic nitrogens is 3. The van der Waals surface area contributed by atoms with Gasteiger partial charge in [0.05, 0.1) is 0 Å². The van der Waals surface area contributed by atoms with Crippen molar-refractivity contribution >= 4 is 76.2 Å². The molecule has 3 aromatic heterocycles. The lowest BCUT2D eigenvalue weighted by Gasteiger charge is -2.14. The van der Waals surface area contributed by atoms with Gasteiger partial charge in [-0.05, 0) is 127 Å². The van der Waals surface area contributed by atoms with E-state index in [0.29, 0.717) is 17.5 Å². The van der Waals surface area contributed by atoms with Crippen molar-refractivity contribution in [2.24, 2.45) is 0 Å². The molecule has 14 rings (SSSR count). The Morgan fingerprint density at radius 3 is 1.63 bits per heavy atom. The Morgan fingerprint density at radius 1 is 0.250 bits per heavy atom. The topological polar surface area (TPSA) is 65.0 Å². The van der Waals surface area contributed by atoms with E-state index in [9.17, 15) is 0 Å². The van der Waals surface area contributed by atoms with Gasteiger partial charge in [0.25, 0.3) is 0 Å². The van der Waals surface area contributed by atoms with Crippen LogP contribution in [-0.4, -0.2) is 15.0 Å². The van der Waals surface area contributed by atoms with Crippen molar-refractivity contribution in [3.63, 3.8) is 0 Å². The van der Waals surface area contributed by atoms with Crippen LogP contribution in [0.5, 0.6) is 0 Å². The van der Waals surface area contributed by atoms with E-state index in [-0.39, 0.29) is 0 Å². The predicted molar refractivity (Wildman–Crippen MR) is 280 cm³/mol. The molecular formula is C63H37N3O2. The minimum absolute atomic E-state index is 0.577. The SMILES string of the molecule is c1ccc(-c2cc(-c3nc(-c4ccc5ccc(-c6c7ccccc7cc7oc8ccccc8c67)cc5c4)nc(-c4ccc5oc6ccccc6c5c4)n3)cc(-c3cccc4ccccc34)c2)cc1. The number of benzene rings is 11.